The van der Waals surface area contributed by atoms with Gasteiger partial charge in [0.2, 0.25) is 5.91 Å². The highest BCUT2D eigenvalue weighted by Gasteiger charge is 2.30. The maximum absolute atomic E-state index is 12.7. The van der Waals surface area contributed by atoms with Gasteiger partial charge in [-0.1, -0.05) is 12.1 Å². The molecule has 0 aliphatic rings. The standard InChI is InChI=1S/C21H18F3N3O/c1-15(28)27(13-10-16-8-11-25-12-9-16)19-6-7-20(26-14-19)17-2-4-18(5-3-17)21(22,23)24/h2-9,11-12,14H,10,13H2,1H3. The number of nitrogens with zero attached hydrogens (tertiary/aromatic N) is 3. The van der Waals surface area contributed by atoms with E-state index in [-0.39, 0.29) is 5.91 Å². The summed E-state index contributed by atoms with van der Waals surface area (Å²) in [4.78, 5) is 21.9. The van der Waals surface area contributed by atoms with Crippen LogP contribution in [0, 0.1) is 0 Å². The van der Waals surface area contributed by atoms with Gasteiger partial charge in [0.05, 0.1) is 23.1 Å². The van der Waals surface area contributed by atoms with E-state index in [1.165, 1.54) is 19.1 Å². The number of halogens is 3. The lowest BCUT2D eigenvalue weighted by Gasteiger charge is -2.21. The maximum atomic E-state index is 12.7. The van der Waals surface area contributed by atoms with Crippen molar-refractivity contribution < 1.29 is 18.0 Å². The van der Waals surface area contributed by atoms with Gasteiger partial charge in [0.15, 0.2) is 0 Å². The number of benzene rings is 1. The van der Waals surface area contributed by atoms with E-state index in [4.69, 9.17) is 0 Å². The summed E-state index contributed by atoms with van der Waals surface area (Å²) in [7, 11) is 0. The first-order chi connectivity index (χ1) is 13.3. The predicted molar refractivity (Wildman–Crippen MR) is 101 cm³/mol. The van der Waals surface area contributed by atoms with Crippen molar-refractivity contribution in [2.24, 2.45) is 0 Å². The van der Waals surface area contributed by atoms with Crippen molar-refractivity contribution in [3.8, 4) is 11.3 Å². The number of carbonyl (C=O) groups is 1. The number of aromatic nitrogens is 2. The van der Waals surface area contributed by atoms with Crippen LogP contribution in [0.4, 0.5) is 18.9 Å². The lowest BCUT2D eigenvalue weighted by molar-refractivity contribution is -0.137. The van der Waals surface area contributed by atoms with Gasteiger partial charge in [0.25, 0.3) is 0 Å². The van der Waals surface area contributed by atoms with Crippen LogP contribution in [0.2, 0.25) is 0 Å². The summed E-state index contributed by atoms with van der Waals surface area (Å²) >= 11 is 0. The van der Waals surface area contributed by atoms with Crippen LogP contribution in [0.15, 0.2) is 67.1 Å². The minimum atomic E-state index is -4.37. The molecule has 0 N–H and O–H groups in total. The van der Waals surface area contributed by atoms with E-state index in [9.17, 15) is 18.0 Å². The first-order valence-corrected chi connectivity index (χ1v) is 8.65. The molecule has 0 bridgehead atoms. The van der Waals surface area contributed by atoms with Crippen molar-refractivity contribution in [2.75, 3.05) is 11.4 Å². The second-order valence-electron chi connectivity index (χ2n) is 6.25. The molecule has 7 heteroatoms. The predicted octanol–water partition coefficient (Wildman–Crippen LogP) is 4.76. The molecule has 0 saturated heterocycles. The van der Waals surface area contributed by atoms with Crippen LogP contribution in [-0.2, 0) is 17.4 Å². The van der Waals surface area contributed by atoms with E-state index >= 15 is 0 Å². The Morgan fingerprint density at radius 2 is 1.68 bits per heavy atom. The molecular weight excluding hydrogens is 367 g/mol. The van der Waals surface area contributed by atoms with Crippen molar-refractivity contribution in [3.63, 3.8) is 0 Å². The van der Waals surface area contributed by atoms with Crippen LogP contribution >= 0.6 is 0 Å². The van der Waals surface area contributed by atoms with Gasteiger partial charge < -0.3 is 4.90 Å². The van der Waals surface area contributed by atoms with Gasteiger partial charge in [-0.2, -0.15) is 13.2 Å². The molecule has 1 amide bonds. The van der Waals surface area contributed by atoms with Crippen molar-refractivity contribution in [2.45, 2.75) is 19.5 Å². The van der Waals surface area contributed by atoms with Crippen molar-refractivity contribution in [3.05, 3.63) is 78.2 Å². The normalized spacial score (nSPS) is 11.3. The lowest BCUT2D eigenvalue weighted by atomic mass is 10.1. The minimum absolute atomic E-state index is 0.113. The number of hydrogen-bond acceptors (Lipinski definition) is 3. The number of pyridine rings is 2. The Kier molecular flexibility index (Phi) is 5.73. The van der Waals surface area contributed by atoms with E-state index in [2.05, 4.69) is 9.97 Å². The topological polar surface area (TPSA) is 46.1 Å². The Morgan fingerprint density at radius 1 is 1.00 bits per heavy atom. The van der Waals surface area contributed by atoms with E-state index in [0.29, 0.717) is 29.9 Å². The Morgan fingerprint density at radius 3 is 2.21 bits per heavy atom. The molecule has 28 heavy (non-hydrogen) atoms. The highest BCUT2D eigenvalue weighted by molar-refractivity contribution is 5.91. The molecule has 0 aliphatic carbocycles. The zero-order valence-electron chi connectivity index (χ0n) is 15.1. The molecule has 0 saturated carbocycles. The largest absolute Gasteiger partial charge is 0.416 e. The number of rotatable bonds is 5. The van der Waals surface area contributed by atoms with Crippen LogP contribution in [0.1, 0.15) is 18.1 Å². The van der Waals surface area contributed by atoms with Gasteiger partial charge in [-0.3, -0.25) is 14.8 Å². The summed E-state index contributed by atoms with van der Waals surface area (Å²) in [5.74, 6) is -0.113. The molecule has 2 heterocycles. The fraction of sp³-hybridized carbons (Fsp3) is 0.190. The maximum Gasteiger partial charge on any atom is 0.416 e. The summed E-state index contributed by atoms with van der Waals surface area (Å²) in [6.45, 7) is 1.97. The number of amides is 1. The number of anilines is 1. The van der Waals surface area contributed by atoms with E-state index in [0.717, 1.165) is 17.7 Å². The third-order valence-electron chi connectivity index (χ3n) is 4.32. The molecule has 3 rings (SSSR count). The molecule has 0 spiro atoms. The van der Waals surface area contributed by atoms with Crippen LogP contribution < -0.4 is 4.90 Å². The summed E-state index contributed by atoms with van der Waals surface area (Å²) in [5, 5.41) is 0. The second-order valence-corrected chi connectivity index (χ2v) is 6.25. The van der Waals surface area contributed by atoms with E-state index in [1.807, 2.05) is 12.1 Å². The van der Waals surface area contributed by atoms with Gasteiger partial charge in [0, 0.05) is 31.4 Å². The molecular formula is C21H18F3N3O. The van der Waals surface area contributed by atoms with E-state index < -0.39 is 11.7 Å². The zero-order valence-corrected chi connectivity index (χ0v) is 15.1. The van der Waals surface area contributed by atoms with Gasteiger partial charge in [-0.15, -0.1) is 0 Å². The first kappa shape index (κ1) is 19.5. The Balaban J connectivity index is 1.75. The van der Waals surface area contributed by atoms with E-state index in [1.54, 1.807) is 35.6 Å². The lowest BCUT2D eigenvalue weighted by Crippen LogP contribution is -2.30. The minimum Gasteiger partial charge on any atom is -0.311 e. The summed E-state index contributed by atoms with van der Waals surface area (Å²) in [6.07, 6.45) is 1.26. The fourth-order valence-electron chi connectivity index (χ4n) is 2.81. The SMILES string of the molecule is CC(=O)N(CCc1ccncc1)c1ccc(-c2ccc(C(F)(F)F)cc2)nc1. The summed E-state index contributed by atoms with van der Waals surface area (Å²) in [6, 6.07) is 12.1. The molecule has 1 aromatic carbocycles. The molecule has 0 unspecified atom stereocenters. The van der Waals surface area contributed by atoms with Crippen molar-refractivity contribution in [1.82, 2.24) is 9.97 Å². The highest BCUT2D eigenvalue weighted by Crippen LogP contribution is 2.30. The van der Waals surface area contributed by atoms with Crippen molar-refractivity contribution >= 4 is 11.6 Å². The summed E-state index contributed by atoms with van der Waals surface area (Å²) < 4.78 is 38.0. The molecule has 2 aromatic heterocycles. The van der Waals surface area contributed by atoms with Crippen LogP contribution in [0.3, 0.4) is 0 Å². The Labute approximate surface area is 160 Å². The zero-order chi connectivity index (χ0) is 20.1. The van der Waals surface area contributed by atoms with Crippen LogP contribution in [-0.4, -0.2) is 22.4 Å². The number of alkyl halides is 3. The van der Waals surface area contributed by atoms with Gasteiger partial charge >= 0.3 is 6.18 Å². The average Bonchev–Trinajstić information content (AvgIpc) is 2.69. The van der Waals surface area contributed by atoms with Gasteiger partial charge in [-0.05, 0) is 48.4 Å². The van der Waals surface area contributed by atoms with Crippen LogP contribution in [0.25, 0.3) is 11.3 Å². The molecule has 0 atom stereocenters. The Hall–Kier alpha value is -3.22. The average molecular weight is 385 g/mol. The second kappa shape index (κ2) is 8.21. The third-order valence-corrected chi connectivity index (χ3v) is 4.32. The molecule has 144 valence electrons. The summed E-state index contributed by atoms with van der Waals surface area (Å²) in [5.41, 5.74) is 2.11. The smallest absolute Gasteiger partial charge is 0.311 e. The fourth-order valence-corrected chi connectivity index (χ4v) is 2.81. The number of hydrogen-bond donors (Lipinski definition) is 0. The third kappa shape index (κ3) is 4.73. The quantitative estimate of drug-likeness (QED) is 0.636. The molecule has 3 aromatic rings. The first-order valence-electron chi connectivity index (χ1n) is 8.65. The molecule has 0 fully saturated rings. The molecule has 4 nitrogen and oxygen atoms in total. The van der Waals surface area contributed by atoms with Crippen molar-refractivity contribution in [1.29, 1.82) is 0 Å². The Bertz CT molecular complexity index is 924. The molecule has 0 aliphatic heterocycles. The monoisotopic (exact) mass is 385 g/mol. The highest BCUT2D eigenvalue weighted by atomic mass is 19.4. The van der Waals surface area contributed by atoms with Crippen LogP contribution in [0.5, 0.6) is 0 Å². The molecule has 0 radical (unpaired) electrons. The van der Waals surface area contributed by atoms with Gasteiger partial charge in [-0.25, -0.2) is 0 Å². The van der Waals surface area contributed by atoms with Gasteiger partial charge in [0.1, 0.15) is 0 Å². The number of carbonyl (C=O) groups excluding carboxylic acids is 1.